The molecule has 0 N–H and O–H groups in total. The Balaban J connectivity index is 2.67. The van der Waals surface area contributed by atoms with E-state index >= 15 is 0 Å². The lowest BCUT2D eigenvalue weighted by molar-refractivity contribution is -0.142. The third kappa shape index (κ3) is 4.72. The molecule has 0 saturated carbocycles. The Hall–Kier alpha value is -1.77. The van der Waals surface area contributed by atoms with Crippen molar-refractivity contribution < 1.29 is 14.3 Å². The molecule has 0 amide bonds. The van der Waals surface area contributed by atoms with Crippen molar-refractivity contribution in [1.29, 1.82) is 0 Å². The van der Waals surface area contributed by atoms with Crippen molar-refractivity contribution in [3.8, 4) is 0 Å². The van der Waals surface area contributed by atoms with Crippen molar-refractivity contribution in [2.24, 2.45) is 0 Å². The summed E-state index contributed by atoms with van der Waals surface area (Å²) in [4.78, 5) is 11.5. The molecule has 3 nitrogen and oxygen atoms in total. The van der Waals surface area contributed by atoms with Gasteiger partial charge in [-0.05, 0) is 31.9 Å². The zero-order valence-corrected chi connectivity index (χ0v) is 10.3. The Morgan fingerprint density at radius 2 is 1.76 bits per heavy atom. The first-order valence-electron chi connectivity index (χ1n) is 5.82. The summed E-state index contributed by atoms with van der Waals surface area (Å²) < 4.78 is 10.2. The van der Waals surface area contributed by atoms with Gasteiger partial charge in [-0.3, -0.25) is 0 Å². The normalized spacial score (nSPS) is 11.1. The largest absolute Gasteiger partial charge is 0.487 e. The van der Waals surface area contributed by atoms with Gasteiger partial charge in [0.2, 0.25) is 5.76 Å². The molecule has 0 heterocycles. The average Bonchev–Trinajstić information content (AvgIpc) is 2.36. The first-order chi connectivity index (χ1) is 8.27. The number of rotatable bonds is 6. The molecule has 1 aromatic carbocycles. The second kappa shape index (κ2) is 7.49. The van der Waals surface area contributed by atoms with Gasteiger partial charge in [-0.15, -0.1) is 0 Å². The molecule has 0 radical (unpaired) electrons. The molecule has 0 bridgehead atoms. The molecular weight excluding hydrogens is 216 g/mol. The van der Waals surface area contributed by atoms with Gasteiger partial charge in [0.15, 0.2) is 0 Å². The fourth-order valence-corrected chi connectivity index (χ4v) is 1.38. The summed E-state index contributed by atoms with van der Waals surface area (Å²) in [6.45, 7) is 4.43. The van der Waals surface area contributed by atoms with Gasteiger partial charge in [0.05, 0.1) is 13.2 Å². The summed E-state index contributed by atoms with van der Waals surface area (Å²) in [6.07, 6.45) is 2.42. The Morgan fingerprint density at radius 1 is 1.12 bits per heavy atom. The SMILES string of the molecule is CCOC(=O)C(=CCc1ccccc1)OCC. The number of carbonyl (C=O) groups excluding carboxylic acids is 1. The van der Waals surface area contributed by atoms with E-state index in [1.54, 1.807) is 13.0 Å². The number of carbonyl (C=O) groups is 1. The summed E-state index contributed by atoms with van der Waals surface area (Å²) in [5.74, 6) is -0.108. The molecule has 0 spiro atoms. The van der Waals surface area contributed by atoms with Gasteiger partial charge < -0.3 is 9.47 Å². The summed E-state index contributed by atoms with van der Waals surface area (Å²) in [7, 11) is 0. The molecule has 0 atom stereocenters. The zero-order valence-electron chi connectivity index (χ0n) is 10.3. The molecule has 0 unspecified atom stereocenters. The Bertz CT molecular complexity index is 368. The fourth-order valence-electron chi connectivity index (χ4n) is 1.38. The number of ether oxygens (including phenoxy) is 2. The highest BCUT2D eigenvalue weighted by Crippen LogP contribution is 2.06. The van der Waals surface area contributed by atoms with Crippen molar-refractivity contribution in [3.05, 3.63) is 47.7 Å². The highest BCUT2D eigenvalue weighted by molar-refractivity contribution is 5.86. The van der Waals surface area contributed by atoms with E-state index in [2.05, 4.69) is 0 Å². The summed E-state index contributed by atoms with van der Waals surface area (Å²) in [6, 6.07) is 9.90. The predicted octanol–water partition coefficient (Wildman–Crippen LogP) is 2.71. The van der Waals surface area contributed by atoms with Gasteiger partial charge in [-0.2, -0.15) is 0 Å². The molecule has 0 fully saturated rings. The number of allylic oxidation sites excluding steroid dienone is 1. The van der Waals surface area contributed by atoms with Crippen molar-refractivity contribution in [1.82, 2.24) is 0 Å². The standard InChI is InChI=1S/C14H18O3/c1-3-16-13(14(15)17-4-2)11-10-12-8-6-5-7-9-12/h5-9,11H,3-4,10H2,1-2H3. The van der Waals surface area contributed by atoms with Crippen LogP contribution in [-0.4, -0.2) is 19.2 Å². The van der Waals surface area contributed by atoms with E-state index < -0.39 is 5.97 Å². The van der Waals surface area contributed by atoms with Crippen LogP contribution in [0.3, 0.4) is 0 Å². The van der Waals surface area contributed by atoms with Crippen molar-refractivity contribution >= 4 is 5.97 Å². The maximum absolute atomic E-state index is 11.5. The van der Waals surface area contributed by atoms with E-state index in [0.717, 1.165) is 5.56 Å². The molecule has 0 aromatic heterocycles. The quantitative estimate of drug-likeness (QED) is 0.431. The first-order valence-corrected chi connectivity index (χ1v) is 5.82. The van der Waals surface area contributed by atoms with Crippen LogP contribution in [0.25, 0.3) is 0 Å². The van der Waals surface area contributed by atoms with Crippen LogP contribution in [-0.2, 0) is 20.7 Å². The van der Waals surface area contributed by atoms with Crippen LogP contribution >= 0.6 is 0 Å². The van der Waals surface area contributed by atoms with Crippen LogP contribution < -0.4 is 0 Å². The number of hydrogen-bond acceptors (Lipinski definition) is 3. The van der Waals surface area contributed by atoms with Crippen LogP contribution in [0.2, 0.25) is 0 Å². The third-order valence-corrected chi connectivity index (χ3v) is 2.14. The van der Waals surface area contributed by atoms with Crippen LogP contribution in [0.1, 0.15) is 19.4 Å². The molecule has 1 rings (SSSR count). The number of esters is 1. The minimum absolute atomic E-state index is 0.290. The van der Waals surface area contributed by atoms with Crippen LogP contribution in [0.15, 0.2) is 42.2 Å². The van der Waals surface area contributed by atoms with E-state index in [-0.39, 0.29) is 0 Å². The lowest BCUT2D eigenvalue weighted by atomic mass is 10.1. The molecule has 92 valence electrons. The molecule has 0 aliphatic rings. The monoisotopic (exact) mass is 234 g/mol. The van der Waals surface area contributed by atoms with Gasteiger partial charge >= 0.3 is 5.97 Å². The molecule has 17 heavy (non-hydrogen) atoms. The van der Waals surface area contributed by atoms with Gasteiger partial charge in [0, 0.05) is 0 Å². The van der Waals surface area contributed by atoms with Gasteiger partial charge in [-0.25, -0.2) is 4.79 Å². The zero-order chi connectivity index (χ0) is 12.5. The Morgan fingerprint density at radius 3 is 2.35 bits per heavy atom. The fraction of sp³-hybridized carbons (Fsp3) is 0.357. The summed E-state index contributed by atoms with van der Waals surface area (Å²) in [5.41, 5.74) is 1.13. The molecule has 3 heteroatoms. The highest BCUT2D eigenvalue weighted by atomic mass is 16.6. The van der Waals surface area contributed by atoms with E-state index in [1.165, 1.54) is 0 Å². The number of benzene rings is 1. The number of hydrogen-bond donors (Lipinski definition) is 0. The topological polar surface area (TPSA) is 35.5 Å². The van der Waals surface area contributed by atoms with Crippen molar-refractivity contribution in [2.75, 3.05) is 13.2 Å². The van der Waals surface area contributed by atoms with Crippen molar-refractivity contribution in [2.45, 2.75) is 20.3 Å². The van der Waals surface area contributed by atoms with Gasteiger partial charge in [0.25, 0.3) is 0 Å². The maximum atomic E-state index is 11.5. The van der Waals surface area contributed by atoms with Gasteiger partial charge in [0.1, 0.15) is 0 Å². The smallest absolute Gasteiger partial charge is 0.373 e. The minimum Gasteiger partial charge on any atom is -0.487 e. The second-order valence-corrected chi connectivity index (χ2v) is 3.41. The van der Waals surface area contributed by atoms with Crippen LogP contribution in [0, 0.1) is 0 Å². The molecular formula is C14H18O3. The van der Waals surface area contributed by atoms with Crippen LogP contribution in [0.5, 0.6) is 0 Å². The summed E-state index contributed by atoms with van der Waals surface area (Å²) in [5, 5.41) is 0. The van der Waals surface area contributed by atoms with E-state index in [0.29, 0.717) is 25.4 Å². The minimum atomic E-state index is -0.398. The summed E-state index contributed by atoms with van der Waals surface area (Å²) >= 11 is 0. The third-order valence-electron chi connectivity index (χ3n) is 2.14. The molecule has 0 aliphatic heterocycles. The highest BCUT2D eigenvalue weighted by Gasteiger charge is 2.10. The second-order valence-electron chi connectivity index (χ2n) is 3.41. The average molecular weight is 234 g/mol. The van der Waals surface area contributed by atoms with Crippen LogP contribution in [0.4, 0.5) is 0 Å². The lowest BCUT2D eigenvalue weighted by Gasteiger charge is -2.07. The van der Waals surface area contributed by atoms with E-state index in [9.17, 15) is 4.79 Å². The molecule has 1 aromatic rings. The molecule has 0 aliphatic carbocycles. The lowest BCUT2D eigenvalue weighted by Crippen LogP contribution is -2.11. The van der Waals surface area contributed by atoms with E-state index in [4.69, 9.17) is 9.47 Å². The molecule has 0 saturated heterocycles. The Labute approximate surface area is 102 Å². The first kappa shape index (κ1) is 13.3. The van der Waals surface area contributed by atoms with E-state index in [1.807, 2.05) is 37.3 Å². The maximum Gasteiger partial charge on any atom is 0.373 e. The predicted molar refractivity (Wildman–Crippen MR) is 66.5 cm³/mol. The van der Waals surface area contributed by atoms with Gasteiger partial charge in [-0.1, -0.05) is 30.3 Å². The van der Waals surface area contributed by atoms with Crippen molar-refractivity contribution in [3.63, 3.8) is 0 Å². The Kier molecular flexibility index (Phi) is 5.86.